The van der Waals surface area contributed by atoms with Gasteiger partial charge in [-0.05, 0) is 18.8 Å². The first-order valence-electron chi connectivity index (χ1n) is 3.86. The van der Waals surface area contributed by atoms with Crippen molar-refractivity contribution < 1.29 is 8.42 Å². The summed E-state index contributed by atoms with van der Waals surface area (Å²) in [4.78, 5) is 0.456. The smallest absolute Gasteiger partial charge is 0.150 e. The van der Waals surface area contributed by atoms with E-state index in [1.807, 2.05) is 0 Å². The van der Waals surface area contributed by atoms with Crippen molar-refractivity contribution in [2.75, 3.05) is 11.5 Å². The summed E-state index contributed by atoms with van der Waals surface area (Å²) in [5.74, 6) is 1.32. The molecule has 1 atom stereocenters. The highest BCUT2D eigenvalue weighted by Gasteiger charge is 2.25. The van der Waals surface area contributed by atoms with Gasteiger partial charge in [0.2, 0.25) is 0 Å². The number of hydrogen-bond donors (Lipinski definition) is 0. The molecule has 0 bridgehead atoms. The predicted molar refractivity (Wildman–Crippen MR) is 49.8 cm³/mol. The van der Waals surface area contributed by atoms with Crippen LogP contribution in [-0.4, -0.2) is 24.8 Å². The summed E-state index contributed by atoms with van der Waals surface area (Å²) >= 11 is 3.48. The summed E-state index contributed by atoms with van der Waals surface area (Å²) in [7, 11) is -2.67. The summed E-state index contributed by atoms with van der Waals surface area (Å²) in [5, 5.41) is 0. The first-order valence-corrected chi connectivity index (χ1v) is 6.59. The van der Waals surface area contributed by atoms with Gasteiger partial charge in [0.05, 0.1) is 11.5 Å². The molecule has 1 saturated heterocycles. The Hall–Kier alpha value is 0.430. The van der Waals surface area contributed by atoms with E-state index < -0.39 is 9.84 Å². The maximum atomic E-state index is 11.0. The molecule has 0 aromatic heterocycles. The van der Waals surface area contributed by atoms with Gasteiger partial charge in [-0.15, -0.1) is 0 Å². The van der Waals surface area contributed by atoms with E-state index in [1.165, 1.54) is 0 Å². The fourth-order valence-electron chi connectivity index (χ4n) is 1.37. The molecule has 0 N–H and O–H groups in total. The van der Waals surface area contributed by atoms with Gasteiger partial charge in [-0.25, -0.2) is 8.42 Å². The molecular formula is C7H13BrO2S. The molecule has 0 radical (unpaired) electrons. The molecule has 11 heavy (non-hydrogen) atoms. The number of alkyl halides is 1. The molecule has 1 rings (SSSR count). The average Bonchev–Trinajstić information content (AvgIpc) is 1.86. The molecular weight excluding hydrogens is 228 g/mol. The number of halogens is 1. The maximum Gasteiger partial charge on any atom is 0.150 e. The zero-order valence-corrected chi connectivity index (χ0v) is 8.99. The Morgan fingerprint density at radius 2 is 1.82 bits per heavy atom. The fraction of sp³-hybridized carbons (Fsp3) is 1.00. The van der Waals surface area contributed by atoms with Crippen molar-refractivity contribution in [3.8, 4) is 0 Å². The van der Waals surface area contributed by atoms with Crippen molar-refractivity contribution in [1.29, 1.82) is 0 Å². The third kappa shape index (κ3) is 2.75. The van der Waals surface area contributed by atoms with E-state index in [1.54, 1.807) is 0 Å². The monoisotopic (exact) mass is 240 g/mol. The second kappa shape index (κ2) is 3.44. The van der Waals surface area contributed by atoms with E-state index in [4.69, 9.17) is 0 Å². The molecule has 0 saturated carbocycles. The first kappa shape index (κ1) is 9.52. The van der Waals surface area contributed by atoms with Crippen molar-refractivity contribution in [1.82, 2.24) is 0 Å². The van der Waals surface area contributed by atoms with Crippen LogP contribution >= 0.6 is 15.9 Å². The molecule has 1 unspecified atom stereocenters. The van der Waals surface area contributed by atoms with Crippen LogP contribution in [0.15, 0.2) is 0 Å². The lowest BCUT2D eigenvalue weighted by Gasteiger charge is -2.23. The minimum Gasteiger partial charge on any atom is -0.229 e. The number of hydrogen-bond acceptors (Lipinski definition) is 2. The van der Waals surface area contributed by atoms with Gasteiger partial charge in [-0.1, -0.05) is 22.9 Å². The van der Waals surface area contributed by atoms with Gasteiger partial charge in [0.1, 0.15) is 9.84 Å². The predicted octanol–water partition coefficient (Wildman–Crippen LogP) is 1.59. The van der Waals surface area contributed by atoms with Gasteiger partial charge in [-0.3, -0.25) is 0 Å². The third-order valence-electron chi connectivity index (χ3n) is 2.25. The largest absolute Gasteiger partial charge is 0.229 e. The molecule has 0 aromatic carbocycles. The van der Waals surface area contributed by atoms with Crippen LogP contribution in [0.25, 0.3) is 0 Å². The first-order chi connectivity index (χ1) is 5.01. The Kier molecular flexibility index (Phi) is 2.97. The fourth-order valence-corrected chi connectivity index (χ4v) is 3.42. The molecule has 1 fully saturated rings. The van der Waals surface area contributed by atoms with E-state index in [-0.39, 0.29) is 0 Å². The average molecular weight is 241 g/mol. The highest BCUT2D eigenvalue weighted by Crippen LogP contribution is 2.25. The van der Waals surface area contributed by atoms with Gasteiger partial charge in [0, 0.05) is 4.83 Å². The SMILES string of the molecule is CC(Br)C1CCS(=O)(=O)CC1. The van der Waals surface area contributed by atoms with E-state index in [0.717, 1.165) is 12.8 Å². The molecule has 0 spiro atoms. The zero-order chi connectivity index (χ0) is 8.48. The van der Waals surface area contributed by atoms with Gasteiger partial charge in [-0.2, -0.15) is 0 Å². The Balaban J connectivity index is 2.49. The molecule has 4 heteroatoms. The molecule has 1 aliphatic rings. The van der Waals surface area contributed by atoms with Crippen LogP contribution in [0.2, 0.25) is 0 Å². The lowest BCUT2D eigenvalue weighted by molar-refractivity contribution is 0.466. The lowest BCUT2D eigenvalue weighted by Crippen LogP contribution is -2.27. The standard InChI is InChI=1S/C7H13BrO2S/c1-6(8)7-2-4-11(9,10)5-3-7/h6-7H,2-5H2,1H3. The number of sulfone groups is 1. The molecule has 2 nitrogen and oxygen atoms in total. The summed E-state index contributed by atoms with van der Waals surface area (Å²) in [5.41, 5.74) is 0. The van der Waals surface area contributed by atoms with Crippen LogP contribution in [0.5, 0.6) is 0 Å². The minimum atomic E-state index is -2.67. The van der Waals surface area contributed by atoms with Gasteiger partial charge < -0.3 is 0 Å². The van der Waals surface area contributed by atoms with E-state index >= 15 is 0 Å². The van der Waals surface area contributed by atoms with E-state index in [2.05, 4.69) is 22.9 Å². The Morgan fingerprint density at radius 3 is 2.18 bits per heavy atom. The van der Waals surface area contributed by atoms with Crippen molar-refractivity contribution in [3.63, 3.8) is 0 Å². The summed E-state index contributed by atoms with van der Waals surface area (Å²) < 4.78 is 22.0. The van der Waals surface area contributed by atoms with Gasteiger partial charge >= 0.3 is 0 Å². The van der Waals surface area contributed by atoms with Crippen LogP contribution in [0.4, 0.5) is 0 Å². The highest BCUT2D eigenvalue weighted by atomic mass is 79.9. The van der Waals surface area contributed by atoms with Crippen LogP contribution in [-0.2, 0) is 9.84 Å². The summed E-state index contributed by atoms with van der Waals surface area (Å²) in [6.07, 6.45) is 1.66. The van der Waals surface area contributed by atoms with Crippen LogP contribution < -0.4 is 0 Å². The molecule has 1 heterocycles. The van der Waals surface area contributed by atoms with E-state index in [0.29, 0.717) is 22.3 Å². The van der Waals surface area contributed by atoms with Crippen molar-refractivity contribution in [2.45, 2.75) is 24.6 Å². The molecule has 66 valence electrons. The van der Waals surface area contributed by atoms with Crippen LogP contribution in [0, 0.1) is 5.92 Å². The topological polar surface area (TPSA) is 34.1 Å². The lowest BCUT2D eigenvalue weighted by atomic mass is 10.0. The van der Waals surface area contributed by atoms with E-state index in [9.17, 15) is 8.42 Å². The Labute approximate surface area is 76.4 Å². The second-order valence-corrected chi connectivity index (χ2v) is 6.91. The highest BCUT2D eigenvalue weighted by molar-refractivity contribution is 9.09. The van der Waals surface area contributed by atoms with Gasteiger partial charge in [0.25, 0.3) is 0 Å². The summed E-state index contributed by atoms with van der Waals surface area (Å²) in [6, 6.07) is 0. The van der Waals surface area contributed by atoms with Gasteiger partial charge in [0.15, 0.2) is 0 Å². The van der Waals surface area contributed by atoms with Crippen molar-refractivity contribution in [2.24, 2.45) is 5.92 Å². The number of rotatable bonds is 1. The quantitative estimate of drug-likeness (QED) is 0.653. The molecule has 1 aliphatic heterocycles. The maximum absolute atomic E-state index is 11.0. The Bertz CT molecular complexity index is 207. The second-order valence-electron chi connectivity index (χ2n) is 3.17. The van der Waals surface area contributed by atoms with Crippen LogP contribution in [0.1, 0.15) is 19.8 Å². The molecule has 0 aromatic rings. The minimum absolute atomic E-state index is 0.383. The van der Waals surface area contributed by atoms with Crippen molar-refractivity contribution >= 4 is 25.8 Å². The molecule has 0 amide bonds. The normalized spacial score (nSPS) is 28.2. The summed E-state index contributed by atoms with van der Waals surface area (Å²) in [6.45, 7) is 2.09. The molecule has 0 aliphatic carbocycles. The third-order valence-corrected chi connectivity index (χ3v) is 4.71. The Morgan fingerprint density at radius 1 is 1.36 bits per heavy atom. The van der Waals surface area contributed by atoms with Crippen LogP contribution in [0.3, 0.4) is 0 Å². The van der Waals surface area contributed by atoms with Crippen molar-refractivity contribution in [3.05, 3.63) is 0 Å². The zero-order valence-electron chi connectivity index (χ0n) is 6.59.